The van der Waals surface area contributed by atoms with Gasteiger partial charge < -0.3 is 0 Å². The fourth-order valence-electron chi connectivity index (χ4n) is 1.99. The molecule has 0 heterocycles. The van der Waals surface area contributed by atoms with Crippen molar-refractivity contribution < 1.29 is 4.79 Å². The highest BCUT2D eigenvalue weighted by molar-refractivity contribution is 6.34. The average molecular weight is 273 g/mol. The molecule has 0 aliphatic carbocycles. The van der Waals surface area contributed by atoms with E-state index in [9.17, 15) is 4.79 Å². The molecule has 0 atom stereocenters. The van der Waals surface area contributed by atoms with Crippen LogP contribution in [-0.4, -0.2) is 5.78 Å². The molecule has 0 unspecified atom stereocenters. The quantitative estimate of drug-likeness (QED) is 0.724. The minimum Gasteiger partial charge on any atom is -0.294 e. The first-order chi connectivity index (χ1) is 9.08. The van der Waals surface area contributed by atoms with E-state index in [0.717, 1.165) is 5.56 Å². The molecule has 0 radical (unpaired) electrons. The standard InChI is InChI=1S/C17H17ClO/c1-12(2)14-9-7-13(8-10-14)11-17(19)15-5-3-4-6-16(15)18/h3-10,12H,11H2,1-2H3. The number of halogens is 1. The number of hydrogen-bond donors (Lipinski definition) is 0. The Hall–Kier alpha value is -1.60. The first kappa shape index (κ1) is 13.8. The monoisotopic (exact) mass is 272 g/mol. The van der Waals surface area contributed by atoms with E-state index in [-0.39, 0.29) is 5.78 Å². The van der Waals surface area contributed by atoms with Gasteiger partial charge in [-0.25, -0.2) is 0 Å². The molecular weight excluding hydrogens is 256 g/mol. The van der Waals surface area contributed by atoms with Crippen molar-refractivity contribution in [2.45, 2.75) is 26.2 Å². The molecule has 0 aliphatic rings. The van der Waals surface area contributed by atoms with E-state index in [1.165, 1.54) is 5.56 Å². The molecule has 2 rings (SSSR count). The second-order valence-electron chi connectivity index (χ2n) is 4.98. The highest BCUT2D eigenvalue weighted by Gasteiger charge is 2.10. The molecule has 0 bridgehead atoms. The van der Waals surface area contributed by atoms with Crippen molar-refractivity contribution in [3.63, 3.8) is 0 Å². The van der Waals surface area contributed by atoms with E-state index in [1.54, 1.807) is 12.1 Å². The second kappa shape index (κ2) is 6.03. The predicted molar refractivity (Wildman–Crippen MR) is 80.0 cm³/mol. The summed E-state index contributed by atoms with van der Waals surface area (Å²) in [7, 11) is 0. The van der Waals surface area contributed by atoms with Gasteiger partial charge in [0.25, 0.3) is 0 Å². The molecule has 0 aliphatic heterocycles. The normalized spacial score (nSPS) is 10.7. The van der Waals surface area contributed by atoms with Crippen molar-refractivity contribution in [3.8, 4) is 0 Å². The molecular formula is C17H17ClO. The van der Waals surface area contributed by atoms with Gasteiger partial charge in [0.1, 0.15) is 0 Å². The fraction of sp³-hybridized carbons (Fsp3) is 0.235. The summed E-state index contributed by atoms with van der Waals surface area (Å²) in [6.07, 6.45) is 0.391. The molecule has 0 amide bonds. The van der Waals surface area contributed by atoms with E-state index < -0.39 is 0 Å². The van der Waals surface area contributed by atoms with E-state index in [4.69, 9.17) is 11.6 Å². The van der Waals surface area contributed by atoms with Crippen LogP contribution in [0.5, 0.6) is 0 Å². The summed E-state index contributed by atoms with van der Waals surface area (Å²) >= 11 is 6.03. The summed E-state index contributed by atoms with van der Waals surface area (Å²) in [6.45, 7) is 4.31. The van der Waals surface area contributed by atoms with Crippen molar-refractivity contribution in [2.24, 2.45) is 0 Å². The van der Waals surface area contributed by atoms with Gasteiger partial charge in [0.15, 0.2) is 5.78 Å². The maximum Gasteiger partial charge on any atom is 0.168 e. The summed E-state index contributed by atoms with van der Waals surface area (Å²) < 4.78 is 0. The SMILES string of the molecule is CC(C)c1ccc(CC(=O)c2ccccc2Cl)cc1. The molecule has 2 heteroatoms. The van der Waals surface area contributed by atoms with Gasteiger partial charge in [0.05, 0.1) is 5.02 Å². The fourth-order valence-corrected chi connectivity index (χ4v) is 2.23. The summed E-state index contributed by atoms with van der Waals surface area (Å²) in [4.78, 5) is 12.2. The van der Waals surface area contributed by atoms with E-state index in [1.807, 2.05) is 24.3 Å². The van der Waals surface area contributed by atoms with Gasteiger partial charge in [-0.3, -0.25) is 4.79 Å². The Morgan fingerprint density at radius 2 is 1.68 bits per heavy atom. The lowest BCUT2D eigenvalue weighted by atomic mass is 9.98. The Kier molecular flexibility index (Phi) is 4.39. The van der Waals surface area contributed by atoms with Crippen LogP contribution in [0.3, 0.4) is 0 Å². The zero-order valence-electron chi connectivity index (χ0n) is 11.2. The third kappa shape index (κ3) is 3.45. The number of carbonyl (C=O) groups excluding carboxylic acids is 1. The predicted octanol–water partition coefficient (Wildman–Crippen LogP) is 4.89. The van der Waals surface area contributed by atoms with Crippen LogP contribution < -0.4 is 0 Å². The molecule has 2 aromatic carbocycles. The number of benzene rings is 2. The Balaban J connectivity index is 2.13. The smallest absolute Gasteiger partial charge is 0.168 e. The summed E-state index contributed by atoms with van der Waals surface area (Å²) in [6, 6.07) is 15.4. The number of Topliss-reactive ketones (excluding diaryl/α,β-unsaturated/α-hetero) is 1. The van der Waals surface area contributed by atoms with Crippen LogP contribution in [-0.2, 0) is 6.42 Å². The molecule has 0 N–H and O–H groups in total. The van der Waals surface area contributed by atoms with Gasteiger partial charge in [-0.2, -0.15) is 0 Å². The summed E-state index contributed by atoms with van der Waals surface area (Å²) in [5.74, 6) is 0.566. The average Bonchev–Trinajstić information content (AvgIpc) is 2.39. The topological polar surface area (TPSA) is 17.1 Å². The lowest BCUT2D eigenvalue weighted by Crippen LogP contribution is -2.04. The van der Waals surface area contributed by atoms with E-state index in [0.29, 0.717) is 22.9 Å². The largest absolute Gasteiger partial charge is 0.294 e. The molecule has 19 heavy (non-hydrogen) atoms. The summed E-state index contributed by atoms with van der Waals surface area (Å²) in [5.41, 5.74) is 2.90. The molecule has 2 aromatic rings. The Bertz CT molecular complexity index is 570. The highest BCUT2D eigenvalue weighted by Crippen LogP contribution is 2.19. The molecule has 98 valence electrons. The van der Waals surface area contributed by atoms with Crippen LogP contribution in [0, 0.1) is 0 Å². The second-order valence-corrected chi connectivity index (χ2v) is 5.38. The van der Waals surface area contributed by atoms with Crippen LogP contribution in [0.4, 0.5) is 0 Å². The van der Waals surface area contributed by atoms with Crippen molar-refractivity contribution in [3.05, 3.63) is 70.2 Å². The summed E-state index contributed by atoms with van der Waals surface area (Å²) in [5, 5.41) is 0.520. The zero-order valence-corrected chi connectivity index (χ0v) is 11.9. The van der Waals surface area contributed by atoms with Gasteiger partial charge in [0.2, 0.25) is 0 Å². The van der Waals surface area contributed by atoms with E-state index in [2.05, 4.69) is 26.0 Å². The third-order valence-electron chi connectivity index (χ3n) is 3.19. The first-order valence-corrected chi connectivity index (χ1v) is 6.82. The molecule has 0 fully saturated rings. The lowest BCUT2D eigenvalue weighted by molar-refractivity contribution is 0.0993. The van der Waals surface area contributed by atoms with Gasteiger partial charge >= 0.3 is 0 Å². The van der Waals surface area contributed by atoms with Gasteiger partial charge in [0, 0.05) is 12.0 Å². The van der Waals surface area contributed by atoms with Crippen LogP contribution >= 0.6 is 11.6 Å². The van der Waals surface area contributed by atoms with Crippen LogP contribution in [0.1, 0.15) is 41.3 Å². The number of carbonyl (C=O) groups is 1. The maximum absolute atomic E-state index is 12.2. The number of rotatable bonds is 4. The molecule has 0 saturated carbocycles. The lowest BCUT2D eigenvalue weighted by Gasteiger charge is -2.07. The molecule has 0 spiro atoms. The van der Waals surface area contributed by atoms with Crippen molar-refractivity contribution in [2.75, 3.05) is 0 Å². The number of hydrogen-bond acceptors (Lipinski definition) is 1. The van der Waals surface area contributed by atoms with E-state index >= 15 is 0 Å². The van der Waals surface area contributed by atoms with Gasteiger partial charge in [-0.05, 0) is 29.2 Å². The Morgan fingerprint density at radius 3 is 2.26 bits per heavy atom. The highest BCUT2D eigenvalue weighted by atomic mass is 35.5. The Labute approximate surface area is 119 Å². The minimum absolute atomic E-state index is 0.0582. The number of ketones is 1. The maximum atomic E-state index is 12.2. The third-order valence-corrected chi connectivity index (χ3v) is 3.51. The first-order valence-electron chi connectivity index (χ1n) is 6.44. The van der Waals surface area contributed by atoms with Crippen LogP contribution in [0.15, 0.2) is 48.5 Å². The van der Waals surface area contributed by atoms with Crippen molar-refractivity contribution in [1.82, 2.24) is 0 Å². The molecule has 1 nitrogen and oxygen atoms in total. The van der Waals surface area contributed by atoms with Crippen LogP contribution in [0.2, 0.25) is 5.02 Å². The zero-order chi connectivity index (χ0) is 13.8. The van der Waals surface area contributed by atoms with Gasteiger partial charge in [-0.1, -0.05) is 61.8 Å². The van der Waals surface area contributed by atoms with Gasteiger partial charge in [-0.15, -0.1) is 0 Å². The minimum atomic E-state index is 0.0582. The van der Waals surface area contributed by atoms with Crippen LogP contribution in [0.25, 0.3) is 0 Å². The Morgan fingerprint density at radius 1 is 1.05 bits per heavy atom. The van der Waals surface area contributed by atoms with Crippen molar-refractivity contribution in [1.29, 1.82) is 0 Å². The van der Waals surface area contributed by atoms with Crippen molar-refractivity contribution >= 4 is 17.4 Å². The molecule has 0 aromatic heterocycles. The molecule has 0 saturated heterocycles.